The topological polar surface area (TPSA) is 25.8 Å². The molecule has 6 aromatic carbocycles. The normalized spacial score (nSPS) is 11.2. The molecule has 0 fully saturated rings. The summed E-state index contributed by atoms with van der Waals surface area (Å²) in [6, 6.07) is 48.5. The fraction of sp³-hybridized carbons (Fsp3) is 0.200. The predicted octanol–water partition coefficient (Wildman–Crippen LogP) is 7.79. The van der Waals surface area contributed by atoms with E-state index in [1.54, 1.807) is 0 Å². The molecule has 55 heavy (non-hydrogen) atoms. The van der Waals surface area contributed by atoms with Gasteiger partial charge in [0.05, 0.1) is 0 Å². The summed E-state index contributed by atoms with van der Waals surface area (Å²) >= 11 is 0. The molecule has 2 heterocycles. The van der Waals surface area contributed by atoms with Crippen LogP contribution in [0.25, 0.3) is 66.3 Å². The molecule has 276 valence electrons. The maximum Gasteiger partial charge on any atom is 4.00 e. The second kappa shape index (κ2) is 17.8. The Morgan fingerprint density at radius 1 is 0.455 bits per heavy atom. The molecule has 5 heteroatoms. The Kier molecular flexibility index (Phi) is 14.1. The molecule has 0 atom stereocenters. The second-order valence-electron chi connectivity index (χ2n) is 16.2. The number of fused-ring (bicyclic) bond motifs is 2. The van der Waals surface area contributed by atoms with Crippen LogP contribution in [0.5, 0.6) is 0 Å². The number of nitrogens with zero attached hydrogens (tertiary/aromatic N) is 2. The van der Waals surface area contributed by atoms with Gasteiger partial charge in [0.25, 0.3) is 0 Å². The van der Waals surface area contributed by atoms with Crippen molar-refractivity contribution in [3.05, 3.63) is 168 Å². The first-order valence-electron chi connectivity index (χ1n) is 18.3. The van der Waals surface area contributed by atoms with Gasteiger partial charge in [-0.25, -0.2) is 0 Å². The van der Waals surface area contributed by atoms with Crippen molar-refractivity contribution in [3.63, 3.8) is 0 Å². The maximum absolute atomic E-state index is 4.58. The van der Waals surface area contributed by atoms with Gasteiger partial charge in [-0.2, -0.15) is 0 Å². The van der Waals surface area contributed by atoms with Gasteiger partial charge in [0.2, 0.25) is 0 Å². The third kappa shape index (κ3) is 9.81. The van der Waals surface area contributed by atoms with Crippen molar-refractivity contribution in [2.75, 3.05) is 0 Å². The van der Waals surface area contributed by atoms with Crippen molar-refractivity contribution in [1.82, 2.24) is 9.97 Å². The first kappa shape index (κ1) is 43.6. The second-order valence-corrected chi connectivity index (χ2v) is 16.2. The Morgan fingerprint density at radius 3 is 1.13 bits per heavy atom. The number of hydrogen-bond donors (Lipinski definition) is 0. The van der Waals surface area contributed by atoms with Gasteiger partial charge >= 0.3 is 25.8 Å². The number of pyridine rings is 2. The smallest absolute Gasteiger partial charge is 1.00 e. The molecule has 0 aliphatic heterocycles. The van der Waals surface area contributed by atoms with E-state index >= 15 is 0 Å². The van der Waals surface area contributed by atoms with Gasteiger partial charge in [-0.05, 0) is 58.1 Å². The quantitative estimate of drug-likeness (QED) is 0.133. The average molecular weight is 926 g/mol. The van der Waals surface area contributed by atoms with Crippen LogP contribution in [0, 0.1) is 13.8 Å². The van der Waals surface area contributed by atoms with Crippen LogP contribution in [-0.2, 0) is 36.7 Å². The zero-order valence-electron chi connectivity index (χ0n) is 33.0. The van der Waals surface area contributed by atoms with Crippen LogP contribution in [-0.4, -0.2) is 9.97 Å². The van der Waals surface area contributed by atoms with E-state index < -0.39 is 0 Å². The molecule has 2 nitrogen and oxygen atoms in total. The SMILES string of the molecule is Cc1ccc(-c2cc3c(-c4ccc(C(C)(C)C)cc4)cccc3[cH-]2)nc1.Cc1ccc(-c2cc3c(-c4ccc(C(C)(C)C)cc4)cccc3[cH-]2)nc1.[Cl-].[Cl-].[Hf+4]. The summed E-state index contributed by atoms with van der Waals surface area (Å²) < 4.78 is 0. The summed E-state index contributed by atoms with van der Waals surface area (Å²) in [5.41, 5.74) is 14.9. The number of halogens is 2. The van der Waals surface area contributed by atoms with Crippen molar-refractivity contribution in [2.24, 2.45) is 0 Å². The first-order valence-corrected chi connectivity index (χ1v) is 18.3. The third-order valence-corrected chi connectivity index (χ3v) is 10.0. The zero-order chi connectivity index (χ0) is 36.6. The molecular weight excluding hydrogens is 878 g/mol. The molecule has 8 rings (SSSR count). The minimum absolute atomic E-state index is 0. The van der Waals surface area contributed by atoms with Gasteiger partial charge in [0.1, 0.15) is 0 Å². The summed E-state index contributed by atoms with van der Waals surface area (Å²) in [5, 5.41) is 5.10. The van der Waals surface area contributed by atoms with Gasteiger partial charge < -0.3 is 24.8 Å². The van der Waals surface area contributed by atoms with E-state index in [9.17, 15) is 0 Å². The van der Waals surface area contributed by atoms with E-state index in [4.69, 9.17) is 0 Å². The van der Waals surface area contributed by atoms with Crippen LogP contribution in [0.2, 0.25) is 0 Å². The molecule has 0 bridgehead atoms. The first-order chi connectivity index (χ1) is 24.8. The van der Waals surface area contributed by atoms with Crippen molar-refractivity contribution < 1.29 is 50.7 Å². The molecular formula is C50H48Cl2HfN2. The standard InChI is InChI=1S/2C25H24N.2ClH.Hf/c2*1-17-8-13-24(26-16-17)20-14-19-6-5-7-22(23(19)15-20)18-9-11-21(12-10-18)25(2,3)4;;;/h2*5-16H,1-4H3;2*1H;/q2*-1;;;+4/p-2. The summed E-state index contributed by atoms with van der Waals surface area (Å²) in [7, 11) is 0. The summed E-state index contributed by atoms with van der Waals surface area (Å²) in [4.78, 5) is 9.17. The average Bonchev–Trinajstić information content (AvgIpc) is 3.77. The molecule has 0 saturated carbocycles. The zero-order valence-corrected chi connectivity index (χ0v) is 38.1. The van der Waals surface area contributed by atoms with Crippen LogP contribution in [0.4, 0.5) is 0 Å². The molecule has 0 aliphatic rings. The van der Waals surface area contributed by atoms with E-state index in [0.29, 0.717) is 0 Å². The van der Waals surface area contributed by atoms with E-state index in [2.05, 4.69) is 199 Å². The van der Waals surface area contributed by atoms with Gasteiger partial charge in [-0.3, -0.25) is 9.97 Å². The molecule has 0 unspecified atom stereocenters. The Hall–Kier alpha value is -4.15. The van der Waals surface area contributed by atoms with Crippen molar-refractivity contribution in [3.8, 4) is 44.8 Å². The summed E-state index contributed by atoms with van der Waals surface area (Å²) in [6.07, 6.45) is 3.86. The molecule has 0 spiro atoms. The predicted molar refractivity (Wildman–Crippen MR) is 223 cm³/mol. The monoisotopic (exact) mass is 926 g/mol. The molecule has 8 aromatic rings. The third-order valence-electron chi connectivity index (χ3n) is 10.0. The van der Waals surface area contributed by atoms with Gasteiger partial charge in [0, 0.05) is 23.8 Å². The Balaban J connectivity index is 0.000000232. The Morgan fingerprint density at radius 2 is 0.818 bits per heavy atom. The minimum Gasteiger partial charge on any atom is -1.00 e. The molecule has 0 radical (unpaired) electrons. The number of rotatable bonds is 4. The Labute approximate surface area is 358 Å². The van der Waals surface area contributed by atoms with Crippen LogP contribution in [0.15, 0.2) is 146 Å². The van der Waals surface area contributed by atoms with Gasteiger partial charge in [-0.1, -0.05) is 150 Å². The van der Waals surface area contributed by atoms with Crippen molar-refractivity contribution in [1.29, 1.82) is 0 Å². The van der Waals surface area contributed by atoms with Crippen LogP contribution in [0.1, 0.15) is 63.8 Å². The molecule has 2 aromatic heterocycles. The summed E-state index contributed by atoms with van der Waals surface area (Å²) in [5.74, 6) is 0. The Bertz CT molecular complexity index is 2280. The van der Waals surface area contributed by atoms with E-state index in [-0.39, 0.29) is 61.5 Å². The van der Waals surface area contributed by atoms with E-state index in [0.717, 1.165) is 11.4 Å². The fourth-order valence-electron chi connectivity index (χ4n) is 6.85. The maximum atomic E-state index is 4.58. The largest absolute Gasteiger partial charge is 4.00 e. The number of aryl methyl sites for hydroxylation is 2. The number of hydrogen-bond acceptors (Lipinski definition) is 2. The molecule has 0 N–H and O–H groups in total. The minimum atomic E-state index is 0. The number of aromatic nitrogens is 2. The molecule has 0 aliphatic carbocycles. The van der Waals surface area contributed by atoms with Crippen LogP contribution in [0.3, 0.4) is 0 Å². The van der Waals surface area contributed by atoms with Crippen LogP contribution < -0.4 is 24.8 Å². The van der Waals surface area contributed by atoms with Gasteiger partial charge in [-0.15, -0.1) is 69.1 Å². The van der Waals surface area contributed by atoms with Crippen LogP contribution >= 0.6 is 0 Å². The van der Waals surface area contributed by atoms with Gasteiger partial charge in [0.15, 0.2) is 0 Å². The summed E-state index contributed by atoms with van der Waals surface area (Å²) in [6.45, 7) is 17.6. The number of benzene rings is 4. The van der Waals surface area contributed by atoms with E-state index in [1.807, 2.05) is 12.4 Å². The van der Waals surface area contributed by atoms with E-state index in [1.165, 1.54) is 77.2 Å². The molecule has 0 saturated heterocycles. The molecule has 0 amide bonds. The van der Waals surface area contributed by atoms with Crippen molar-refractivity contribution >= 4 is 21.5 Å². The fourth-order valence-corrected chi connectivity index (χ4v) is 6.85. The van der Waals surface area contributed by atoms with Crippen molar-refractivity contribution in [2.45, 2.75) is 66.2 Å².